The van der Waals surface area contributed by atoms with E-state index in [4.69, 9.17) is 0 Å². The quantitative estimate of drug-likeness (QED) is 0.808. The van der Waals surface area contributed by atoms with Crippen molar-refractivity contribution in [1.82, 2.24) is 18.8 Å². The molecule has 0 bridgehead atoms. The molecule has 27 heavy (non-hydrogen) atoms. The molecule has 2 aliphatic rings. The molecule has 0 aliphatic carbocycles. The Morgan fingerprint density at radius 3 is 2.37 bits per heavy atom. The maximum atomic E-state index is 12.9. The molecular weight excluding hydrogens is 360 g/mol. The minimum atomic E-state index is -3.50. The van der Waals surface area contributed by atoms with E-state index < -0.39 is 10.0 Å². The zero-order chi connectivity index (χ0) is 19.2. The van der Waals surface area contributed by atoms with Gasteiger partial charge in [0.15, 0.2) is 5.03 Å². The van der Waals surface area contributed by atoms with E-state index in [2.05, 4.69) is 54.1 Å². The zero-order valence-electron chi connectivity index (χ0n) is 16.2. The highest BCUT2D eigenvalue weighted by Crippen LogP contribution is 2.55. The number of nitrogens with zero attached hydrogens (tertiary/aromatic N) is 4. The molecule has 1 unspecified atom stereocenters. The molecule has 1 spiro atoms. The van der Waals surface area contributed by atoms with Crippen LogP contribution >= 0.6 is 0 Å². The number of aryl methyl sites for hydroxylation is 1. The second-order valence-corrected chi connectivity index (χ2v) is 10.1. The molecule has 1 aromatic heterocycles. The Bertz CT molecular complexity index is 899. The lowest BCUT2D eigenvalue weighted by Gasteiger charge is -2.62. The molecule has 7 heteroatoms. The molecule has 1 atom stereocenters. The van der Waals surface area contributed by atoms with Crippen LogP contribution in [0.5, 0.6) is 0 Å². The average molecular weight is 389 g/mol. The van der Waals surface area contributed by atoms with Gasteiger partial charge in [-0.15, -0.1) is 0 Å². The van der Waals surface area contributed by atoms with Gasteiger partial charge in [-0.1, -0.05) is 30.3 Å². The van der Waals surface area contributed by atoms with Crippen molar-refractivity contribution in [1.29, 1.82) is 0 Å². The van der Waals surface area contributed by atoms with Gasteiger partial charge in [0.1, 0.15) is 0 Å². The first kappa shape index (κ1) is 18.7. The first-order valence-electron chi connectivity index (χ1n) is 9.62. The van der Waals surface area contributed by atoms with Gasteiger partial charge in [0, 0.05) is 50.4 Å². The molecule has 2 aliphatic heterocycles. The van der Waals surface area contributed by atoms with E-state index in [1.807, 2.05) is 0 Å². The zero-order valence-corrected chi connectivity index (χ0v) is 17.1. The molecule has 2 fully saturated rings. The Morgan fingerprint density at radius 1 is 1.15 bits per heavy atom. The van der Waals surface area contributed by atoms with E-state index >= 15 is 0 Å². The van der Waals surface area contributed by atoms with E-state index in [1.54, 1.807) is 22.1 Å². The van der Waals surface area contributed by atoms with Gasteiger partial charge in [-0.25, -0.2) is 13.4 Å². The van der Waals surface area contributed by atoms with Crippen LogP contribution in [0.3, 0.4) is 0 Å². The minimum absolute atomic E-state index is 0.151. The minimum Gasteiger partial charge on any atom is -0.339 e. The van der Waals surface area contributed by atoms with Gasteiger partial charge in [-0.05, 0) is 32.3 Å². The predicted octanol–water partition coefficient (Wildman–Crippen LogP) is 2.66. The summed E-state index contributed by atoms with van der Waals surface area (Å²) in [5.74, 6) is 0. The SMILES string of the molecule is CC(C)N1CC2(CCN(S(=O)(=O)c3cn(C)cn3)CC2)C1c1ccccc1. The van der Waals surface area contributed by atoms with Crippen LogP contribution in [-0.4, -0.2) is 52.9 Å². The third kappa shape index (κ3) is 3.11. The fourth-order valence-corrected chi connectivity index (χ4v) is 6.11. The van der Waals surface area contributed by atoms with E-state index in [0.717, 1.165) is 19.4 Å². The van der Waals surface area contributed by atoms with Crippen molar-refractivity contribution in [3.05, 3.63) is 48.4 Å². The third-order valence-corrected chi connectivity index (χ3v) is 7.98. The van der Waals surface area contributed by atoms with Gasteiger partial charge < -0.3 is 4.57 Å². The number of sulfonamides is 1. The molecule has 3 heterocycles. The highest BCUT2D eigenvalue weighted by Gasteiger charge is 2.55. The smallest absolute Gasteiger partial charge is 0.262 e. The molecule has 4 rings (SSSR count). The van der Waals surface area contributed by atoms with Crippen molar-refractivity contribution in [2.75, 3.05) is 19.6 Å². The molecule has 1 aromatic carbocycles. The van der Waals surface area contributed by atoms with Gasteiger partial charge in [0.25, 0.3) is 10.0 Å². The lowest BCUT2D eigenvalue weighted by atomic mass is 9.63. The number of imidazole rings is 1. The van der Waals surface area contributed by atoms with Gasteiger partial charge >= 0.3 is 0 Å². The molecule has 146 valence electrons. The van der Waals surface area contributed by atoms with Crippen LogP contribution < -0.4 is 0 Å². The maximum Gasteiger partial charge on any atom is 0.262 e. The van der Waals surface area contributed by atoms with Crippen molar-refractivity contribution < 1.29 is 8.42 Å². The van der Waals surface area contributed by atoms with E-state index in [9.17, 15) is 8.42 Å². The van der Waals surface area contributed by atoms with Gasteiger partial charge in [0.05, 0.1) is 6.33 Å². The average Bonchev–Trinajstić information content (AvgIpc) is 3.08. The van der Waals surface area contributed by atoms with Crippen LogP contribution in [0.2, 0.25) is 0 Å². The molecule has 6 nitrogen and oxygen atoms in total. The van der Waals surface area contributed by atoms with Crippen LogP contribution in [-0.2, 0) is 17.1 Å². The van der Waals surface area contributed by atoms with E-state index in [0.29, 0.717) is 25.2 Å². The molecule has 2 aromatic rings. The highest BCUT2D eigenvalue weighted by molar-refractivity contribution is 7.89. The van der Waals surface area contributed by atoms with Gasteiger partial charge in [0.2, 0.25) is 0 Å². The second-order valence-electron chi connectivity index (χ2n) is 8.22. The van der Waals surface area contributed by atoms with Crippen molar-refractivity contribution in [3.63, 3.8) is 0 Å². The van der Waals surface area contributed by atoms with Crippen LogP contribution in [0, 0.1) is 5.41 Å². The van der Waals surface area contributed by atoms with Crippen LogP contribution in [0.4, 0.5) is 0 Å². The fourth-order valence-electron chi connectivity index (χ4n) is 4.70. The standard InChI is InChI=1S/C20H28N4O2S/c1-16(2)24-14-20(19(24)17-7-5-4-6-8-17)9-11-23(12-10-20)27(25,26)18-13-22(3)15-21-18/h4-8,13,15-16,19H,9-12,14H2,1-3H3. The number of rotatable bonds is 4. The third-order valence-electron chi connectivity index (χ3n) is 6.19. The van der Waals surface area contributed by atoms with E-state index in [-0.39, 0.29) is 10.4 Å². The van der Waals surface area contributed by atoms with Crippen LogP contribution in [0.25, 0.3) is 0 Å². The number of likely N-dealkylation sites (tertiary alicyclic amines) is 1. The first-order chi connectivity index (χ1) is 12.8. The number of benzene rings is 1. The first-order valence-corrected chi connectivity index (χ1v) is 11.1. The van der Waals surface area contributed by atoms with Crippen molar-refractivity contribution in [2.24, 2.45) is 12.5 Å². The summed E-state index contributed by atoms with van der Waals surface area (Å²) in [6.07, 6.45) is 4.90. The number of hydrogen-bond acceptors (Lipinski definition) is 4. The van der Waals surface area contributed by atoms with Gasteiger partial charge in [-0.3, -0.25) is 4.90 Å². The topological polar surface area (TPSA) is 58.4 Å². The Kier molecular flexibility index (Phi) is 4.64. The predicted molar refractivity (Wildman–Crippen MR) is 105 cm³/mol. The fraction of sp³-hybridized carbons (Fsp3) is 0.550. The molecule has 0 saturated carbocycles. The molecule has 2 saturated heterocycles. The summed E-state index contributed by atoms with van der Waals surface area (Å²) in [4.78, 5) is 6.60. The monoisotopic (exact) mass is 388 g/mol. The Morgan fingerprint density at radius 2 is 1.81 bits per heavy atom. The van der Waals surface area contributed by atoms with Crippen LogP contribution in [0.1, 0.15) is 38.3 Å². The normalized spacial score (nSPS) is 23.6. The maximum absolute atomic E-state index is 12.9. The Hall–Kier alpha value is -1.70. The molecule has 0 amide bonds. The summed E-state index contributed by atoms with van der Waals surface area (Å²) >= 11 is 0. The summed E-state index contributed by atoms with van der Waals surface area (Å²) in [7, 11) is -1.71. The largest absolute Gasteiger partial charge is 0.339 e. The van der Waals surface area contributed by atoms with Crippen molar-refractivity contribution >= 4 is 10.0 Å². The number of hydrogen-bond donors (Lipinski definition) is 0. The van der Waals surface area contributed by atoms with Crippen LogP contribution in [0.15, 0.2) is 47.9 Å². The number of piperidine rings is 1. The summed E-state index contributed by atoms with van der Waals surface area (Å²) in [6.45, 7) is 6.65. The lowest BCUT2D eigenvalue weighted by molar-refractivity contribution is -0.121. The lowest BCUT2D eigenvalue weighted by Crippen LogP contribution is -2.64. The molecule has 0 radical (unpaired) electrons. The second kappa shape index (κ2) is 6.72. The van der Waals surface area contributed by atoms with Crippen molar-refractivity contribution in [3.8, 4) is 0 Å². The summed E-state index contributed by atoms with van der Waals surface area (Å²) in [5, 5.41) is 0.151. The molecular formula is C20H28N4O2S. The highest BCUT2D eigenvalue weighted by atomic mass is 32.2. The summed E-state index contributed by atoms with van der Waals surface area (Å²) in [6, 6.07) is 11.5. The summed E-state index contributed by atoms with van der Waals surface area (Å²) in [5.41, 5.74) is 1.51. The Labute approximate surface area is 161 Å². The van der Waals surface area contributed by atoms with Gasteiger partial charge in [-0.2, -0.15) is 4.31 Å². The van der Waals surface area contributed by atoms with E-state index in [1.165, 1.54) is 11.9 Å². The molecule has 0 N–H and O–H groups in total. The Balaban J connectivity index is 1.54. The van der Waals surface area contributed by atoms with Crippen molar-refractivity contribution in [2.45, 2.75) is 43.8 Å². The number of aromatic nitrogens is 2. The summed E-state index contributed by atoms with van der Waals surface area (Å²) < 4.78 is 29.1.